The van der Waals surface area contributed by atoms with Crippen molar-refractivity contribution in [1.82, 2.24) is 4.90 Å². The van der Waals surface area contributed by atoms with Gasteiger partial charge in [-0.25, -0.2) is 4.39 Å². The molecule has 1 aromatic carbocycles. The molecular formula is C16H21ClFN3O. The van der Waals surface area contributed by atoms with Crippen LogP contribution in [0.4, 0.5) is 10.1 Å². The second kappa shape index (κ2) is 6.42. The first kappa shape index (κ1) is 15.6. The van der Waals surface area contributed by atoms with E-state index in [4.69, 9.17) is 17.3 Å². The molecule has 2 aliphatic rings. The Kier molecular flexibility index (Phi) is 4.54. The van der Waals surface area contributed by atoms with Crippen LogP contribution in [-0.2, 0) is 11.3 Å². The molecule has 0 spiro atoms. The van der Waals surface area contributed by atoms with Gasteiger partial charge in [0.2, 0.25) is 5.91 Å². The first-order valence-electron chi connectivity index (χ1n) is 7.76. The lowest BCUT2D eigenvalue weighted by atomic mass is 10.1. The van der Waals surface area contributed by atoms with Gasteiger partial charge in [0.1, 0.15) is 6.17 Å². The molecule has 0 saturated carbocycles. The molecule has 2 heterocycles. The minimum absolute atomic E-state index is 0.179. The van der Waals surface area contributed by atoms with E-state index in [-0.39, 0.29) is 13.0 Å². The smallest absolute Gasteiger partial charge is 0.234 e. The third-order valence-corrected chi connectivity index (χ3v) is 4.94. The SMILES string of the molecule is NC(=O)[C@@H]1C[C@@H](F)CN1Cc1c(Cl)cccc1N1CCCC1. The number of amides is 1. The van der Waals surface area contributed by atoms with Crippen molar-refractivity contribution in [2.75, 3.05) is 24.5 Å². The first-order valence-corrected chi connectivity index (χ1v) is 8.14. The zero-order valence-electron chi connectivity index (χ0n) is 12.5. The summed E-state index contributed by atoms with van der Waals surface area (Å²) in [7, 11) is 0. The van der Waals surface area contributed by atoms with Gasteiger partial charge < -0.3 is 10.6 Å². The Morgan fingerprint density at radius 3 is 2.77 bits per heavy atom. The highest BCUT2D eigenvalue weighted by Crippen LogP contribution is 2.33. The number of nitrogens with two attached hydrogens (primary N) is 1. The molecule has 0 unspecified atom stereocenters. The van der Waals surface area contributed by atoms with Crippen LogP contribution in [0.3, 0.4) is 0 Å². The monoisotopic (exact) mass is 325 g/mol. The molecule has 0 radical (unpaired) electrons. The second-order valence-corrected chi connectivity index (χ2v) is 6.52. The number of rotatable bonds is 4. The van der Waals surface area contributed by atoms with E-state index in [1.54, 1.807) is 0 Å². The first-order chi connectivity index (χ1) is 10.6. The van der Waals surface area contributed by atoms with E-state index >= 15 is 0 Å². The number of nitrogens with zero attached hydrogens (tertiary/aromatic N) is 2. The van der Waals surface area contributed by atoms with Crippen molar-refractivity contribution >= 4 is 23.2 Å². The fourth-order valence-electron chi connectivity index (χ4n) is 3.48. The van der Waals surface area contributed by atoms with Gasteiger partial charge >= 0.3 is 0 Å². The van der Waals surface area contributed by atoms with Crippen LogP contribution < -0.4 is 10.6 Å². The number of halogens is 2. The van der Waals surface area contributed by atoms with Gasteiger partial charge in [0.15, 0.2) is 0 Å². The summed E-state index contributed by atoms with van der Waals surface area (Å²) < 4.78 is 13.7. The van der Waals surface area contributed by atoms with Gasteiger partial charge in [0.05, 0.1) is 6.04 Å². The van der Waals surface area contributed by atoms with Crippen LogP contribution in [0.5, 0.6) is 0 Å². The summed E-state index contributed by atoms with van der Waals surface area (Å²) in [6.07, 6.45) is 1.52. The van der Waals surface area contributed by atoms with Crippen LogP contribution in [0.1, 0.15) is 24.8 Å². The molecule has 2 aliphatic heterocycles. The summed E-state index contributed by atoms with van der Waals surface area (Å²) >= 11 is 6.39. The Hall–Kier alpha value is -1.33. The molecule has 0 bridgehead atoms. The van der Waals surface area contributed by atoms with E-state index in [1.807, 2.05) is 17.0 Å². The molecule has 1 amide bonds. The van der Waals surface area contributed by atoms with E-state index in [0.717, 1.165) is 24.3 Å². The quantitative estimate of drug-likeness (QED) is 0.924. The highest BCUT2D eigenvalue weighted by molar-refractivity contribution is 6.31. The van der Waals surface area contributed by atoms with Gasteiger partial charge in [-0.05, 0) is 25.0 Å². The fourth-order valence-corrected chi connectivity index (χ4v) is 3.71. The van der Waals surface area contributed by atoms with Gasteiger partial charge in [-0.15, -0.1) is 0 Å². The molecule has 2 atom stereocenters. The number of anilines is 1. The van der Waals surface area contributed by atoms with E-state index in [1.165, 1.54) is 12.8 Å². The highest BCUT2D eigenvalue weighted by atomic mass is 35.5. The van der Waals surface area contributed by atoms with Crippen molar-refractivity contribution in [1.29, 1.82) is 0 Å². The normalized spacial score (nSPS) is 25.8. The van der Waals surface area contributed by atoms with E-state index in [0.29, 0.717) is 11.6 Å². The van der Waals surface area contributed by atoms with Crippen LogP contribution in [0.15, 0.2) is 18.2 Å². The maximum Gasteiger partial charge on any atom is 0.234 e. The number of hydrogen-bond acceptors (Lipinski definition) is 3. The lowest BCUT2D eigenvalue weighted by molar-refractivity contribution is -0.122. The van der Waals surface area contributed by atoms with Crippen LogP contribution in [-0.4, -0.2) is 42.7 Å². The number of hydrogen-bond donors (Lipinski definition) is 1. The summed E-state index contributed by atoms with van der Waals surface area (Å²) in [6, 6.07) is 5.29. The van der Waals surface area contributed by atoms with Gasteiger partial charge in [-0.1, -0.05) is 17.7 Å². The van der Waals surface area contributed by atoms with Gasteiger partial charge in [-0.2, -0.15) is 0 Å². The summed E-state index contributed by atoms with van der Waals surface area (Å²) in [5.74, 6) is -0.463. The molecular weight excluding hydrogens is 305 g/mol. The van der Waals surface area contributed by atoms with Crippen LogP contribution in [0.2, 0.25) is 5.02 Å². The Morgan fingerprint density at radius 2 is 2.09 bits per heavy atom. The molecule has 1 aromatic rings. The maximum atomic E-state index is 13.7. The molecule has 0 aliphatic carbocycles. The Bertz CT molecular complexity index is 562. The predicted molar refractivity (Wildman–Crippen MR) is 85.8 cm³/mol. The molecule has 3 rings (SSSR count). The van der Waals surface area contributed by atoms with Crippen molar-refractivity contribution in [3.05, 3.63) is 28.8 Å². The fraction of sp³-hybridized carbons (Fsp3) is 0.562. The second-order valence-electron chi connectivity index (χ2n) is 6.11. The minimum atomic E-state index is -1.00. The molecule has 6 heteroatoms. The molecule has 22 heavy (non-hydrogen) atoms. The standard InChI is InChI=1S/C16H21ClFN3O/c17-13-4-3-5-14(20-6-1-2-7-20)12(13)10-21-9-11(18)8-15(21)16(19)22/h3-5,11,15H,1-2,6-10H2,(H2,19,22)/t11-,15+/m1/s1. The minimum Gasteiger partial charge on any atom is -0.371 e. The Labute approximate surface area is 135 Å². The molecule has 4 nitrogen and oxygen atoms in total. The number of alkyl halides is 1. The molecule has 2 saturated heterocycles. The lowest BCUT2D eigenvalue weighted by Gasteiger charge is -2.27. The van der Waals surface area contributed by atoms with E-state index in [2.05, 4.69) is 11.0 Å². The third-order valence-electron chi connectivity index (χ3n) is 4.58. The predicted octanol–water partition coefficient (Wildman–Crippen LogP) is 2.34. The highest BCUT2D eigenvalue weighted by Gasteiger charge is 2.36. The number of likely N-dealkylation sites (tertiary alicyclic amines) is 1. The summed E-state index contributed by atoms with van der Waals surface area (Å²) in [4.78, 5) is 15.7. The van der Waals surface area contributed by atoms with Gasteiger partial charge in [-0.3, -0.25) is 9.69 Å². The topological polar surface area (TPSA) is 49.6 Å². The van der Waals surface area contributed by atoms with Crippen LogP contribution in [0.25, 0.3) is 0 Å². The number of carbonyl (C=O) groups is 1. The van der Waals surface area contributed by atoms with Gasteiger partial charge in [0, 0.05) is 48.9 Å². The number of carbonyl (C=O) groups excluding carboxylic acids is 1. The van der Waals surface area contributed by atoms with E-state index in [9.17, 15) is 9.18 Å². The van der Waals surface area contributed by atoms with Crippen LogP contribution >= 0.6 is 11.6 Å². The number of primary amides is 1. The summed E-state index contributed by atoms with van der Waals surface area (Å²) in [5.41, 5.74) is 7.47. The van der Waals surface area contributed by atoms with Crippen molar-refractivity contribution in [2.24, 2.45) is 5.73 Å². The van der Waals surface area contributed by atoms with Crippen molar-refractivity contribution < 1.29 is 9.18 Å². The van der Waals surface area contributed by atoms with Crippen LogP contribution in [0, 0.1) is 0 Å². The molecule has 0 aromatic heterocycles. The average Bonchev–Trinajstić information content (AvgIpc) is 3.10. The number of benzene rings is 1. The summed E-state index contributed by atoms with van der Waals surface area (Å²) in [5, 5.41) is 0.662. The maximum absolute atomic E-state index is 13.7. The lowest BCUT2D eigenvalue weighted by Crippen LogP contribution is -2.40. The van der Waals surface area contributed by atoms with Crippen molar-refractivity contribution in [3.63, 3.8) is 0 Å². The molecule has 2 N–H and O–H groups in total. The zero-order valence-corrected chi connectivity index (χ0v) is 13.2. The third kappa shape index (κ3) is 3.06. The Balaban J connectivity index is 1.86. The van der Waals surface area contributed by atoms with E-state index < -0.39 is 18.1 Å². The molecule has 2 fully saturated rings. The Morgan fingerprint density at radius 1 is 1.36 bits per heavy atom. The zero-order chi connectivity index (χ0) is 15.7. The largest absolute Gasteiger partial charge is 0.371 e. The summed E-state index contributed by atoms with van der Waals surface area (Å²) in [6.45, 7) is 2.72. The molecule has 120 valence electrons. The van der Waals surface area contributed by atoms with Crippen molar-refractivity contribution in [3.8, 4) is 0 Å². The van der Waals surface area contributed by atoms with Crippen molar-refractivity contribution in [2.45, 2.75) is 38.0 Å². The van der Waals surface area contributed by atoms with Gasteiger partial charge in [0.25, 0.3) is 0 Å². The average molecular weight is 326 g/mol.